The summed E-state index contributed by atoms with van der Waals surface area (Å²) >= 11 is 1.80. The lowest BCUT2D eigenvalue weighted by molar-refractivity contribution is -0.123. The minimum Gasteiger partial charge on any atom is -0.486 e. The minimum atomic E-state index is -0.134. The molecule has 0 aliphatic carbocycles. The highest BCUT2D eigenvalue weighted by atomic mass is 32.2. The van der Waals surface area contributed by atoms with Crippen LogP contribution in [0.2, 0.25) is 0 Å². The van der Waals surface area contributed by atoms with Crippen LogP contribution in [0.15, 0.2) is 24.3 Å². The third kappa shape index (κ3) is 3.19. The molecule has 0 bridgehead atoms. The second-order valence-corrected chi connectivity index (χ2v) is 5.97. The number of hydrogen-bond donors (Lipinski definition) is 2. The zero-order valence-electron chi connectivity index (χ0n) is 11.1. The number of carbonyl (C=O) groups excluding carboxylic acids is 1. The zero-order valence-corrected chi connectivity index (χ0v) is 11.9. The number of rotatable bonds is 3. The molecule has 2 N–H and O–H groups in total. The molecule has 2 atom stereocenters. The van der Waals surface area contributed by atoms with E-state index in [-0.39, 0.29) is 18.1 Å². The molecule has 0 saturated carbocycles. The van der Waals surface area contributed by atoms with Crippen LogP contribution in [0.1, 0.15) is 0 Å². The van der Waals surface area contributed by atoms with Crippen molar-refractivity contribution in [3.05, 3.63) is 24.3 Å². The molecule has 0 radical (unpaired) electrons. The third-order valence-electron chi connectivity index (χ3n) is 3.31. The number of hydrogen-bond acceptors (Lipinski definition) is 5. The summed E-state index contributed by atoms with van der Waals surface area (Å²) in [4.78, 5) is 12.0. The first-order chi connectivity index (χ1) is 9.83. The van der Waals surface area contributed by atoms with Crippen LogP contribution >= 0.6 is 11.8 Å². The molecule has 6 heteroatoms. The molecule has 2 unspecified atom stereocenters. The standard InChI is InChI=1S/C14H18N2O3S/c17-14(11-9-20-6-5-15-11)16-7-10-8-18-12-3-1-2-4-13(12)19-10/h1-4,10-11,15H,5-9H2,(H,16,17). The van der Waals surface area contributed by atoms with Gasteiger partial charge in [0.1, 0.15) is 12.7 Å². The number of nitrogens with one attached hydrogen (secondary N) is 2. The molecule has 108 valence electrons. The first-order valence-electron chi connectivity index (χ1n) is 6.80. The highest BCUT2D eigenvalue weighted by Gasteiger charge is 2.24. The van der Waals surface area contributed by atoms with Crippen LogP contribution < -0.4 is 20.1 Å². The monoisotopic (exact) mass is 294 g/mol. The van der Waals surface area contributed by atoms with Crippen LogP contribution in [0.4, 0.5) is 0 Å². The van der Waals surface area contributed by atoms with Gasteiger partial charge < -0.3 is 20.1 Å². The normalized spacial score (nSPS) is 25.0. The number of thioether (sulfide) groups is 1. The number of ether oxygens (including phenoxy) is 2. The molecule has 1 saturated heterocycles. The smallest absolute Gasteiger partial charge is 0.238 e. The number of carbonyl (C=O) groups is 1. The van der Waals surface area contributed by atoms with Gasteiger partial charge in [-0.2, -0.15) is 11.8 Å². The predicted molar refractivity (Wildman–Crippen MR) is 78.5 cm³/mol. The SMILES string of the molecule is O=C(NCC1COc2ccccc2O1)C1CSCCN1. The van der Waals surface area contributed by atoms with E-state index < -0.39 is 0 Å². The second-order valence-electron chi connectivity index (χ2n) is 4.82. The fourth-order valence-electron chi connectivity index (χ4n) is 2.24. The van der Waals surface area contributed by atoms with Crippen molar-refractivity contribution in [2.45, 2.75) is 12.1 Å². The molecule has 0 aromatic heterocycles. The minimum absolute atomic E-state index is 0.0414. The number of fused-ring (bicyclic) bond motifs is 1. The largest absolute Gasteiger partial charge is 0.486 e. The van der Waals surface area contributed by atoms with Gasteiger partial charge in [0.25, 0.3) is 0 Å². The molecule has 1 amide bonds. The van der Waals surface area contributed by atoms with Crippen LogP contribution in [0, 0.1) is 0 Å². The molecule has 1 fully saturated rings. The van der Waals surface area contributed by atoms with Crippen LogP contribution in [-0.2, 0) is 4.79 Å². The van der Waals surface area contributed by atoms with E-state index in [0.29, 0.717) is 13.2 Å². The Bertz CT molecular complexity index is 477. The maximum atomic E-state index is 12.0. The van der Waals surface area contributed by atoms with Crippen LogP contribution in [0.25, 0.3) is 0 Å². The first-order valence-corrected chi connectivity index (χ1v) is 7.96. The van der Waals surface area contributed by atoms with Crippen molar-refractivity contribution < 1.29 is 14.3 Å². The molecular formula is C14H18N2O3S. The van der Waals surface area contributed by atoms with Crippen molar-refractivity contribution in [2.75, 3.05) is 31.2 Å². The lowest BCUT2D eigenvalue weighted by atomic mass is 10.2. The van der Waals surface area contributed by atoms with Crippen LogP contribution in [0.3, 0.4) is 0 Å². The van der Waals surface area contributed by atoms with E-state index in [4.69, 9.17) is 9.47 Å². The fraction of sp³-hybridized carbons (Fsp3) is 0.500. The highest BCUT2D eigenvalue weighted by Crippen LogP contribution is 2.30. The Morgan fingerprint density at radius 2 is 2.25 bits per heavy atom. The summed E-state index contributed by atoms with van der Waals surface area (Å²) in [5, 5.41) is 6.15. The lowest BCUT2D eigenvalue weighted by Gasteiger charge is -2.28. The maximum Gasteiger partial charge on any atom is 0.238 e. The van der Waals surface area contributed by atoms with Crippen LogP contribution in [0.5, 0.6) is 11.5 Å². The average molecular weight is 294 g/mol. The highest BCUT2D eigenvalue weighted by molar-refractivity contribution is 7.99. The maximum absolute atomic E-state index is 12.0. The zero-order chi connectivity index (χ0) is 13.8. The molecule has 3 rings (SSSR count). The fourth-order valence-corrected chi connectivity index (χ4v) is 3.17. The Labute approximate surface area is 122 Å². The Kier molecular flexibility index (Phi) is 4.32. The van der Waals surface area contributed by atoms with Gasteiger partial charge in [-0.25, -0.2) is 0 Å². The number of para-hydroxylation sites is 2. The summed E-state index contributed by atoms with van der Waals surface area (Å²) in [7, 11) is 0. The molecule has 2 heterocycles. The van der Waals surface area contributed by atoms with Gasteiger partial charge in [-0.3, -0.25) is 4.79 Å². The van der Waals surface area contributed by atoms with Crippen molar-refractivity contribution in [1.29, 1.82) is 0 Å². The van der Waals surface area contributed by atoms with Gasteiger partial charge in [-0.05, 0) is 12.1 Å². The number of benzene rings is 1. The van der Waals surface area contributed by atoms with E-state index >= 15 is 0 Å². The summed E-state index contributed by atoms with van der Waals surface area (Å²) in [5.41, 5.74) is 0. The molecule has 20 heavy (non-hydrogen) atoms. The van der Waals surface area contributed by atoms with Gasteiger partial charge in [0.05, 0.1) is 12.6 Å². The van der Waals surface area contributed by atoms with E-state index in [9.17, 15) is 4.79 Å². The predicted octanol–water partition coefficient (Wildman–Crippen LogP) is 0.648. The van der Waals surface area contributed by atoms with Gasteiger partial charge in [-0.15, -0.1) is 0 Å². The summed E-state index contributed by atoms with van der Waals surface area (Å²) in [6.45, 7) is 1.82. The quantitative estimate of drug-likeness (QED) is 0.857. The summed E-state index contributed by atoms with van der Waals surface area (Å²) in [6, 6.07) is 7.49. The van der Waals surface area contributed by atoms with E-state index in [1.165, 1.54) is 0 Å². The van der Waals surface area contributed by atoms with Gasteiger partial charge in [0.2, 0.25) is 5.91 Å². The van der Waals surface area contributed by atoms with Crippen molar-refractivity contribution in [2.24, 2.45) is 0 Å². The molecule has 0 spiro atoms. The Hall–Kier alpha value is -1.40. The molecule has 1 aromatic rings. The average Bonchev–Trinajstić information content (AvgIpc) is 2.53. The first kappa shape index (κ1) is 13.6. The van der Waals surface area contributed by atoms with Crippen molar-refractivity contribution in [3.63, 3.8) is 0 Å². The van der Waals surface area contributed by atoms with E-state index in [1.807, 2.05) is 24.3 Å². The molecule has 2 aliphatic heterocycles. The van der Waals surface area contributed by atoms with E-state index in [0.717, 1.165) is 29.5 Å². The topological polar surface area (TPSA) is 59.6 Å². The molecule has 5 nitrogen and oxygen atoms in total. The lowest BCUT2D eigenvalue weighted by Crippen LogP contribution is -2.51. The second kappa shape index (κ2) is 6.37. The Morgan fingerprint density at radius 3 is 3.05 bits per heavy atom. The Morgan fingerprint density at radius 1 is 1.40 bits per heavy atom. The van der Waals surface area contributed by atoms with Crippen molar-refractivity contribution >= 4 is 17.7 Å². The van der Waals surface area contributed by atoms with Crippen LogP contribution in [-0.4, -0.2) is 49.3 Å². The Balaban J connectivity index is 1.49. The molecule has 2 aliphatic rings. The van der Waals surface area contributed by atoms with Gasteiger partial charge >= 0.3 is 0 Å². The number of amides is 1. The van der Waals surface area contributed by atoms with Crippen molar-refractivity contribution in [1.82, 2.24) is 10.6 Å². The third-order valence-corrected chi connectivity index (χ3v) is 4.37. The van der Waals surface area contributed by atoms with E-state index in [2.05, 4.69) is 10.6 Å². The van der Waals surface area contributed by atoms with Crippen molar-refractivity contribution in [3.8, 4) is 11.5 Å². The molecular weight excluding hydrogens is 276 g/mol. The van der Waals surface area contributed by atoms with Gasteiger partial charge in [0, 0.05) is 18.1 Å². The van der Waals surface area contributed by atoms with E-state index in [1.54, 1.807) is 11.8 Å². The summed E-state index contributed by atoms with van der Waals surface area (Å²) in [6.07, 6.45) is -0.134. The molecule has 1 aromatic carbocycles. The summed E-state index contributed by atoms with van der Waals surface area (Å²) in [5.74, 6) is 3.45. The van der Waals surface area contributed by atoms with Gasteiger partial charge in [-0.1, -0.05) is 12.1 Å². The summed E-state index contributed by atoms with van der Waals surface area (Å²) < 4.78 is 11.4. The van der Waals surface area contributed by atoms with Gasteiger partial charge in [0.15, 0.2) is 11.5 Å².